The van der Waals surface area contributed by atoms with E-state index in [4.69, 9.17) is 11.6 Å². The summed E-state index contributed by atoms with van der Waals surface area (Å²) >= 11 is 5.79. The Morgan fingerprint density at radius 1 is 1.33 bits per heavy atom. The van der Waals surface area contributed by atoms with Crippen molar-refractivity contribution in [1.29, 1.82) is 0 Å². The summed E-state index contributed by atoms with van der Waals surface area (Å²) in [5.41, 5.74) is 1.64. The SMILES string of the molecule is Cc1cc(O)ccc1NC(=O)c1cc(Cl)ccn1. The minimum Gasteiger partial charge on any atom is -0.508 e. The molecule has 1 aromatic carbocycles. The first-order chi connectivity index (χ1) is 8.56. The molecule has 0 aliphatic carbocycles. The number of rotatable bonds is 2. The number of carbonyl (C=O) groups excluding carboxylic acids is 1. The number of anilines is 1. The van der Waals surface area contributed by atoms with Crippen LogP contribution in [0.3, 0.4) is 0 Å². The second-order valence-electron chi connectivity index (χ2n) is 3.81. The highest BCUT2D eigenvalue weighted by atomic mass is 35.5. The molecule has 0 aliphatic rings. The van der Waals surface area contributed by atoms with E-state index in [1.807, 2.05) is 0 Å². The van der Waals surface area contributed by atoms with Gasteiger partial charge in [-0.05, 0) is 42.8 Å². The van der Waals surface area contributed by atoms with Gasteiger partial charge in [-0.3, -0.25) is 9.78 Å². The van der Waals surface area contributed by atoms with Crippen LogP contribution in [0.5, 0.6) is 5.75 Å². The molecule has 92 valence electrons. The van der Waals surface area contributed by atoms with Crippen LogP contribution in [0.1, 0.15) is 16.1 Å². The Morgan fingerprint density at radius 3 is 2.78 bits per heavy atom. The third-order valence-corrected chi connectivity index (χ3v) is 2.65. The molecule has 2 aromatic rings. The maximum Gasteiger partial charge on any atom is 0.274 e. The summed E-state index contributed by atoms with van der Waals surface area (Å²) in [4.78, 5) is 15.8. The zero-order valence-corrected chi connectivity index (χ0v) is 10.4. The van der Waals surface area contributed by atoms with Gasteiger partial charge in [-0.2, -0.15) is 0 Å². The van der Waals surface area contributed by atoms with Crippen LogP contribution in [-0.4, -0.2) is 16.0 Å². The van der Waals surface area contributed by atoms with Crippen molar-refractivity contribution in [3.05, 3.63) is 52.8 Å². The van der Waals surface area contributed by atoms with Gasteiger partial charge in [0.1, 0.15) is 11.4 Å². The number of benzene rings is 1. The smallest absolute Gasteiger partial charge is 0.274 e. The molecule has 1 amide bonds. The Morgan fingerprint density at radius 2 is 2.11 bits per heavy atom. The van der Waals surface area contributed by atoms with Crippen LogP contribution in [0.25, 0.3) is 0 Å². The van der Waals surface area contributed by atoms with E-state index in [0.717, 1.165) is 5.56 Å². The molecule has 0 atom stereocenters. The van der Waals surface area contributed by atoms with E-state index in [9.17, 15) is 9.90 Å². The molecule has 0 bridgehead atoms. The number of carbonyl (C=O) groups is 1. The highest BCUT2D eigenvalue weighted by Gasteiger charge is 2.09. The van der Waals surface area contributed by atoms with Gasteiger partial charge in [0.25, 0.3) is 5.91 Å². The lowest BCUT2D eigenvalue weighted by Crippen LogP contribution is -2.14. The fraction of sp³-hybridized carbons (Fsp3) is 0.0769. The van der Waals surface area contributed by atoms with Crippen molar-refractivity contribution in [2.45, 2.75) is 6.92 Å². The molecule has 2 N–H and O–H groups in total. The fourth-order valence-electron chi connectivity index (χ4n) is 1.50. The second kappa shape index (κ2) is 5.06. The first-order valence-corrected chi connectivity index (χ1v) is 5.66. The van der Waals surface area contributed by atoms with Crippen molar-refractivity contribution >= 4 is 23.2 Å². The molecule has 1 aromatic heterocycles. The maximum atomic E-state index is 11.9. The summed E-state index contributed by atoms with van der Waals surface area (Å²) in [5, 5.41) is 12.4. The first kappa shape index (κ1) is 12.4. The van der Waals surface area contributed by atoms with Crippen LogP contribution in [0.4, 0.5) is 5.69 Å². The van der Waals surface area contributed by atoms with E-state index in [2.05, 4.69) is 10.3 Å². The van der Waals surface area contributed by atoms with Gasteiger partial charge in [0.2, 0.25) is 0 Å². The number of aryl methyl sites for hydroxylation is 1. The summed E-state index contributed by atoms with van der Waals surface area (Å²) in [6.45, 7) is 1.79. The molecule has 0 spiro atoms. The van der Waals surface area contributed by atoms with Gasteiger partial charge in [0.15, 0.2) is 0 Å². The largest absolute Gasteiger partial charge is 0.508 e. The average Bonchev–Trinajstić information content (AvgIpc) is 2.32. The summed E-state index contributed by atoms with van der Waals surface area (Å²) < 4.78 is 0. The highest BCUT2D eigenvalue weighted by Crippen LogP contribution is 2.20. The molecule has 0 unspecified atom stereocenters. The minimum atomic E-state index is -0.341. The highest BCUT2D eigenvalue weighted by molar-refractivity contribution is 6.30. The Bertz CT molecular complexity index is 599. The quantitative estimate of drug-likeness (QED) is 0.818. The van der Waals surface area contributed by atoms with Gasteiger partial charge in [-0.25, -0.2) is 0 Å². The van der Waals surface area contributed by atoms with Gasteiger partial charge in [0.05, 0.1) is 0 Å². The molecule has 0 aliphatic heterocycles. The number of pyridine rings is 1. The zero-order valence-electron chi connectivity index (χ0n) is 9.64. The lowest BCUT2D eigenvalue weighted by molar-refractivity contribution is 0.102. The van der Waals surface area contributed by atoms with Crippen molar-refractivity contribution in [2.75, 3.05) is 5.32 Å². The van der Waals surface area contributed by atoms with Crippen LogP contribution in [0, 0.1) is 6.92 Å². The predicted molar refractivity (Wildman–Crippen MR) is 70.0 cm³/mol. The summed E-state index contributed by atoms with van der Waals surface area (Å²) in [5.74, 6) is -0.183. The lowest BCUT2D eigenvalue weighted by Gasteiger charge is -2.08. The van der Waals surface area contributed by atoms with Crippen molar-refractivity contribution in [2.24, 2.45) is 0 Å². The van der Waals surface area contributed by atoms with E-state index in [-0.39, 0.29) is 17.4 Å². The Hall–Kier alpha value is -2.07. The van der Waals surface area contributed by atoms with Gasteiger partial charge in [0, 0.05) is 16.9 Å². The number of nitrogens with zero attached hydrogens (tertiary/aromatic N) is 1. The number of amides is 1. The lowest BCUT2D eigenvalue weighted by atomic mass is 10.2. The Kier molecular flexibility index (Phi) is 3.48. The summed E-state index contributed by atoms with van der Waals surface area (Å²) in [6.07, 6.45) is 1.47. The van der Waals surface area contributed by atoms with E-state index < -0.39 is 0 Å². The third kappa shape index (κ3) is 2.78. The van der Waals surface area contributed by atoms with Crippen LogP contribution in [-0.2, 0) is 0 Å². The molecular weight excluding hydrogens is 252 g/mol. The molecule has 1 heterocycles. The van der Waals surface area contributed by atoms with Gasteiger partial charge in [-0.1, -0.05) is 11.6 Å². The number of phenols is 1. The number of hydrogen-bond donors (Lipinski definition) is 2. The first-order valence-electron chi connectivity index (χ1n) is 5.29. The monoisotopic (exact) mass is 262 g/mol. The number of phenolic OH excluding ortho intramolecular Hbond substituents is 1. The van der Waals surface area contributed by atoms with Crippen LogP contribution in [0.2, 0.25) is 5.02 Å². The topological polar surface area (TPSA) is 62.2 Å². The average molecular weight is 263 g/mol. The van der Waals surface area contributed by atoms with Crippen LogP contribution >= 0.6 is 11.6 Å². The molecule has 2 rings (SSSR count). The van der Waals surface area contributed by atoms with Crippen LogP contribution < -0.4 is 5.32 Å². The molecular formula is C13H11ClN2O2. The molecule has 5 heteroatoms. The molecule has 18 heavy (non-hydrogen) atoms. The summed E-state index contributed by atoms with van der Waals surface area (Å²) in [7, 11) is 0. The molecule has 4 nitrogen and oxygen atoms in total. The normalized spacial score (nSPS) is 10.1. The number of aromatic nitrogens is 1. The number of nitrogens with one attached hydrogen (secondary N) is 1. The number of hydrogen-bond acceptors (Lipinski definition) is 3. The van der Waals surface area contributed by atoms with Crippen LogP contribution in [0.15, 0.2) is 36.5 Å². The Balaban J connectivity index is 2.21. The summed E-state index contributed by atoms with van der Waals surface area (Å²) in [6, 6.07) is 7.80. The van der Waals surface area contributed by atoms with E-state index in [0.29, 0.717) is 10.7 Å². The third-order valence-electron chi connectivity index (χ3n) is 2.41. The fourth-order valence-corrected chi connectivity index (χ4v) is 1.66. The maximum absolute atomic E-state index is 11.9. The van der Waals surface area contributed by atoms with Gasteiger partial charge in [-0.15, -0.1) is 0 Å². The van der Waals surface area contributed by atoms with Gasteiger partial charge >= 0.3 is 0 Å². The van der Waals surface area contributed by atoms with E-state index in [1.54, 1.807) is 25.1 Å². The van der Waals surface area contributed by atoms with Crippen molar-refractivity contribution < 1.29 is 9.90 Å². The van der Waals surface area contributed by atoms with E-state index >= 15 is 0 Å². The van der Waals surface area contributed by atoms with Crippen molar-refractivity contribution in [3.63, 3.8) is 0 Å². The minimum absolute atomic E-state index is 0.159. The van der Waals surface area contributed by atoms with Crippen molar-refractivity contribution in [3.8, 4) is 5.75 Å². The standard InChI is InChI=1S/C13H11ClN2O2/c1-8-6-10(17)2-3-11(8)16-13(18)12-7-9(14)4-5-15-12/h2-7,17H,1H3,(H,16,18). The number of halogens is 1. The molecule has 0 radical (unpaired) electrons. The van der Waals surface area contributed by atoms with Crippen molar-refractivity contribution in [1.82, 2.24) is 4.98 Å². The second-order valence-corrected chi connectivity index (χ2v) is 4.25. The molecule has 0 fully saturated rings. The number of aromatic hydroxyl groups is 1. The molecule has 0 saturated heterocycles. The Labute approximate surface area is 109 Å². The van der Waals surface area contributed by atoms with Gasteiger partial charge < -0.3 is 10.4 Å². The zero-order chi connectivity index (χ0) is 13.1. The van der Waals surface area contributed by atoms with E-state index in [1.165, 1.54) is 18.3 Å². The predicted octanol–water partition coefficient (Wildman–Crippen LogP) is 3.00. The molecule has 0 saturated carbocycles.